The van der Waals surface area contributed by atoms with Crippen molar-refractivity contribution in [1.82, 2.24) is 10.6 Å². The lowest BCUT2D eigenvalue weighted by molar-refractivity contribution is 0.243. The second kappa shape index (κ2) is 5.48. The number of hydrogen-bond donors (Lipinski definition) is 4. The van der Waals surface area contributed by atoms with E-state index in [1.807, 2.05) is 0 Å². The molecule has 1 aliphatic rings. The van der Waals surface area contributed by atoms with Crippen molar-refractivity contribution < 1.29 is 0 Å². The maximum atomic E-state index is 5.40. The van der Waals surface area contributed by atoms with Crippen LogP contribution < -0.4 is 22.1 Å². The summed E-state index contributed by atoms with van der Waals surface area (Å²) < 4.78 is 0. The van der Waals surface area contributed by atoms with Crippen LogP contribution in [0.4, 0.5) is 0 Å². The minimum absolute atomic E-state index is 0.625. The van der Waals surface area contributed by atoms with Crippen LogP contribution in [0.2, 0.25) is 0 Å². The highest BCUT2D eigenvalue weighted by Gasteiger charge is 2.28. The van der Waals surface area contributed by atoms with E-state index in [1.165, 1.54) is 12.8 Å². The van der Waals surface area contributed by atoms with Gasteiger partial charge in [-0.25, -0.2) is 0 Å². The maximum absolute atomic E-state index is 5.40. The molecule has 1 aliphatic carbocycles. The van der Waals surface area contributed by atoms with Crippen LogP contribution in [0.3, 0.4) is 0 Å². The predicted molar refractivity (Wildman–Crippen MR) is 50.9 cm³/mol. The Hall–Kier alpha value is -0.160. The summed E-state index contributed by atoms with van der Waals surface area (Å²) in [6, 6.07) is 1.25. The highest BCUT2D eigenvalue weighted by Crippen LogP contribution is 2.19. The molecule has 0 bridgehead atoms. The van der Waals surface area contributed by atoms with Gasteiger partial charge >= 0.3 is 0 Å². The molecule has 0 aromatic carbocycles. The van der Waals surface area contributed by atoms with Crippen molar-refractivity contribution in [1.29, 1.82) is 0 Å². The molecule has 0 aromatic rings. The van der Waals surface area contributed by atoms with Crippen molar-refractivity contribution >= 4 is 0 Å². The van der Waals surface area contributed by atoms with Crippen LogP contribution in [0, 0.1) is 0 Å². The van der Waals surface area contributed by atoms with E-state index in [9.17, 15) is 0 Å². The predicted octanol–water partition coefficient (Wildman–Crippen LogP) is -1.39. The van der Waals surface area contributed by atoms with Gasteiger partial charge in [-0.3, -0.25) is 0 Å². The van der Waals surface area contributed by atoms with Crippen LogP contribution in [0.5, 0.6) is 0 Å². The van der Waals surface area contributed by atoms with Gasteiger partial charge in [0.2, 0.25) is 0 Å². The number of hydrogen-bond acceptors (Lipinski definition) is 4. The lowest BCUT2D eigenvalue weighted by Gasteiger charge is -2.38. The van der Waals surface area contributed by atoms with Gasteiger partial charge in [0.25, 0.3) is 0 Å². The van der Waals surface area contributed by atoms with Gasteiger partial charge < -0.3 is 22.1 Å². The summed E-state index contributed by atoms with van der Waals surface area (Å²) in [7, 11) is 0. The molecule has 0 aliphatic heterocycles. The van der Waals surface area contributed by atoms with E-state index in [-0.39, 0.29) is 0 Å². The standard InChI is InChI=1S/C8H20N4/c9-3-5-11-7-1-2-8(7)12-6-4-10/h7-8,11-12H,1-6,9-10H2. The molecule has 6 N–H and O–H groups in total. The van der Waals surface area contributed by atoms with Crippen LogP contribution in [0.1, 0.15) is 12.8 Å². The second-order valence-electron chi connectivity index (χ2n) is 3.28. The van der Waals surface area contributed by atoms with Crippen LogP contribution in [0.15, 0.2) is 0 Å². The summed E-state index contributed by atoms with van der Waals surface area (Å²) in [5.41, 5.74) is 10.8. The first-order valence-electron chi connectivity index (χ1n) is 4.75. The number of nitrogens with two attached hydrogens (primary N) is 2. The van der Waals surface area contributed by atoms with E-state index in [1.54, 1.807) is 0 Å². The minimum atomic E-state index is 0.625. The van der Waals surface area contributed by atoms with Gasteiger partial charge in [0.1, 0.15) is 0 Å². The summed E-state index contributed by atoms with van der Waals surface area (Å²) in [5, 5.41) is 6.80. The minimum Gasteiger partial charge on any atom is -0.329 e. The fourth-order valence-electron chi connectivity index (χ4n) is 1.53. The Kier molecular flexibility index (Phi) is 4.53. The Labute approximate surface area is 74.1 Å². The first-order chi connectivity index (χ1) is 5.88. The molecule has 0 radical (unpaired) electrons. The SMILES string of the molecule is NCCNC1CCC1NCCN. The Morgan fingerprint density at radius 2 is 1.33 bits per heavy atom. The topological polar surface area (TPSA) is 76.1 Å². The molecule has 0 spiro atoms. The maximum Gasteiger partial charge on any atom is 0.0222 e. The summed E-state index contributed by atoms with van der Waals surface area (Å²) in [5.74, 6) is 0. The molecule has 0 aromatic heterocycles. The van der Waals surface area contributed by atoms with Gasteiger partial charge in [0.15, 0.2) is 0 Å². The zero-order valence-electron chi connectivity index (χ0n) is 7.55. The fourth-order valence-corrected chi connectivity index (χ4v) is 1.53. The summed E-state index contributed by atoms with van der Waals surface area (Å²) in [6.45, 7) is 3.29. The van der Waals surface area contributed by atoms with Crippen LogP contribution >= 0.6 is 0 Å². The third-order valence-corrected chi connectivity index (χ3v) is 2.38. The highest BCUT2D eigenvalue weighted by atomic mass is 15.1. The average Bonchev–Trinajstić information content (AvgIpc) is 2.04. The zero-order chi connectivity index (χ0) is 8.81. The van der Waals surface area contributed by atoms with Gasteiger partial charge in [-0.1, -0.05) is 0 Å². The molecule has 1 saturated carbocycles. The van der Waals surface area contributed by atoms with E-state index >= 15 is 0 Å². The summed E-state index contributed by atoms with van der Waals surface area (Å²) in [6.07, 6.45) is 2.53. The summed E-state index contributed by atoms with van der Waals surface area (Å²) in [4.78, 5) is 0. The van der Waals surface area contributed by atoms with Crippen LogP contribution in [0.25, 0.3) is 0 Å². The van der Waals surface area contributed by atoms with Gasteiger partial charge in [-0.2, -0.15) is 0 Å². The van der Waals surface area contributed by atoms with E-state index < -0.39 is 0 Å². The normalized spacial score (nSPS) is 28.5. The molecular weight excluding hydrogens is 152 g/mol. The monoisotopic (exact) mass is 172 g/mol. The first-order valence-corrected chi connectivity index (χ1v) is 4.75. The van der Waals surface area contributed by atoms with E-state index in [4.69, 9.17) is 11.5 Å². The van der Waals surface area contributed by atoms with Crippen LogP contribution in [-0.4, -0.2) is 38.3 Å². The smallest absolute Gasteiger partial charge is 0.0222 e. The quantitative estimate of drug-likeness (QED) is 0.398. The fraction of sp³-hybridized carbons (Fsp3) is 1.00. The Balaban J connectivity index is 2.03. The molecular formula is C8H20N4. The highest BCUT2D eigenvalue weighted by molar-refractivity contribution is 4.92. The lowest BCUT2D eigenvalue weighted by Crippen LogP contribution is -2.56. The van der Waals surface area contributed by atoms with Gasteiger partial charge in [-0.05, 0) is 12.8 Å². The van der Waals surface area contributed by atoms with E-state index in [0.717, 1.165) is 26.2 Å². The van der Waals surface area contributed by atoms with Gasteiger partial charge in [0, 0.05) is 38.3 Å². The van der Waals surface area contributed by atoms with Crippen LogP contribution in [-0.2, 0) is 0 Å². The van der Waals surface area contributed by atoms with Crippen molar-refractivity contribution in [2.24, 2.45) is 11.5 Å². The van der Waals surface area contributed by atoms with Gasteiger partial charge in [0.05, 0.1) is 0 Å². The largest absolute Gasteiger partial charge is 0.329 e. The van der Waals surface area contributed by atoms with Crippen molar-refractivity contribution in [2.75, 3.05) is 26.2 Å². The van der Waals surface area contributed by atoms with E-state index in [0.29, 0.717) is 12.1 Å². The van der Waals surface area contributed by atoms with Crippen molar-refractivity contribution in [3.8, 4) is 0 Å². The molecule has 4 nitrogen and oxygen atoms in total. The Morgan fingerprint density at radius 3 is 1.58 bits per heavy atom. The second-order valence-corrected chi connectivity index (χ2v) is 3.28. The molecule has 4 heteroatoms. The Bertz CT molecular complexity index is 104. The lowest BCUT2D eigenvalue weighted by atomic mass is 9.86. The van der Waals surface area contributed by atoms with Gasteiger partial charge in [-0.15, -0.1) is 0 Å². The first kappa shape index (κ1) is 9.92. The molecule has 0 saturated heterocycles. The molecule has 2 atom stereocenters. The molecule has 0 heterocycles. The van der Waals surface area contributed by atoms with E-state index in [2.05, 4.69) is 10.6 Å². The summed E-state index contributed by atoms with van der Waals surface area (Å²) >= 11 is 0. The average molecular weight is 172 g/mol. The van der Waals surface area contributed by atoms with Crippen molar-refractivity contribution in [3.05, 3.63) is 0 Å². The third-order valence-electron chi connectivity index (χ3n) is 2.38. The molecule has 72 valence electrons. The zero-order valence-corrected chi connectivity index (χ0v) is 7.55. The molecule has 1 fully saturated rings. The Morgan fingerprint density at radius 1 is 0.917 bits per heavy atom. The van der Waals surface area contributed by atoms with Crippen molar-refractivity contribution in [3.63, 3.8) is 0 Å². The third kappa shape index (κ3) is 2.71. The molecule has 2 unspecified atom stereocenters. The van der Waals surface area contributed by atoms with Crippen molar-refractivity contribution in [2.45, 2.75) is 24.9 Å². The number of nitrogens with one attached hydrogen (secondary N) is 2. The molecule has 12 heavy (non-hydrogen) atoms. The molecule has 0 amide bonds. The number of rotatable bonds is 6. The molecule has 1 rings (SSSR count).